The molecule has 0 fully saturated rings. The molecule has 0 bridgehead atoms. The minimum Gasteiger partial charge on any atom is -0.484 e. The number of hydrogen-bond donors (Lipinski definition) is 1. The zero-order chi connectivity index (χ0) is 14.5. The molecule has 0 amide bonds. The summed E-state index contributed by atoms with van der Waals surface area (Å²) in [7, 11) is 0. The Hall–Kier alpha value is -2.40. The predicted molar refractivity (Wildman–Crippen MR) is 80.0 cm³/mol. The summed E-state index contributed by atoms with van der Waals surface area (Å²) in [6, 6.07) is 11.8. The molecule has 0 saturated carbocycles. The Labute approximate surface area is 122 Å². The van der Waals surface area contributed by atoms with E-state index < -0.39 is 0 Å². The third-order valence-corrected chi connectivity index (χ3v) is 3.11. The normalized spacial score (nSPS) is 10.9. The van der Waals surface area contributed by atoms with Crippen molar-refractivity contribution >= 4 is 10.9 Å². The van der Waals surface area contributed by atoms with Gasteiger partial charge in [-0.1, -0.05) is 30.3 Å². The lowest BCUT2D eigenvalue weighted by atomic mass is 10.2. The zero-order valence-corrected chi connectivity index (χ0v) is 11.9. The SMILES string of the molecule is CCNCc1cc(COc2cnc3ccccc3c2)on1. The van der Waals surface area contributed by atoms with Gasteiger partial charge in [0.05, 0.1) is 17.4 Å². The molecule has 1 aromatic carbocycles. The van der Waals surface area contributed by atoms with Gasteiger partial charge in [-0.2, -0.15) is 0 Å². The standard InChI is InChI=1S/C16H17N3O2/c1-2-17-9-13-8-15(21-19-13)11-20-14-7-12-5-3-4-6-16(12)18-10-14/h3-8,10,17H,2,9,11H2,1H3. The Kier molecular flexibility index (Phi) is 4.12. The fourth-order valence-electron chi connectivity index (χ4n) is 2.04. The van der Waals surface area contributed by atoms with E-state index in [9.17, 15) is 0 Å². The molecule has 5 heteroatoms. The van der Waals surface area contributed by atoms with E-state index >= 15 is 0 Å². The molecule has 0 atom stereocenters. The van der Waals surface area contributed by atoms with Crippen LogP contribution in [-0.2, 0) is 13.2 Å². The number of benzene rings is 1. The maximum absolute atomic E-state index is 5.70. The molecule has 0 aliphatic heterocycles. The molecule has 2 aromatic heterocycles. The van der Waals surface area contributed by atoms with Crippen molar-refractivity contribution in [3.63, 3.8) is 0 Å². The quantitative estimate of drug-likeness (QED) is 0.753. The van der Waals surface area contributed by atoms with E-state index in [2.05, 4.69) is 22.4 Å². The lowest BCUT2D eigenvalue weighted by molar-refractivity contribution is 0.248. The van der Waals surface area contributed by atoms with Crippen LogP contribution in [0.15, 0.2) is 47.1 Å². The minimum absolute atomic E-state index is 0.346. The molecule has 5 nitrogen and oxygen atoms in total. The van der Waals surface area contributed by atoms with Gasteiger partial charge >= 0.3 is 0 Å². The smallest absolute Gasteiger partial charge is 0.174 e. The third kappa shape index (κ3) is 3.38. The second-order valence-electron chi connectivity index (χ2n) is 4.72. The highest BCUT2D eigenvalue weighted by molar-refractivity contribution is 5.79. The Morgan fingerprint density at radius 3 is 3.05 bits per heavy atom. The van der Waals surface area contributed by atoms with E-state index in [-0.39, 0.29) is 0 Å². The molecule has 21 heavy (non-hydrogen) atoms. The number of ether oxygens (including phenoxy) is 1. The molecular formula is C16H17N3O2. The number of para-hydroxylation sites is 1. The number of nitrogens with zero attached hydrogens (tertiary/aromatic N) is 2. The van der Waals surface area contributed by atoms with Crippen LogP contribution in [0.2, 0.25) is 0 Å². The lowest BCUT2D eigenvalue weighted by Gasteiger charge is -2.04. The van der Waals surface area contributed by atoms with Gasteiger partial charge in [-0.3, -0.25) is 4.98 Å². The number of rotatable bonds is 6. The molecule has 2 heterocycles. The van der Waals surface area contributed by atoms with Gasteiger partial charge in [-0.05, 0) is 18.7 Å². The van der Waals surface area contributed by atoms with Gasteiger partial charge in [0, 0.05) is 18.0 Å². The highest BCUT2D eigenvalue weighted by Gasteiger charge is 2.05. The molecule has 0 radical (unpaired) electrons. The van der Waals surface area contributed by atoms with Crippen LogP contribution in [0.25, 0.3) is 10.9 Å². The van der Waals surface area contributed by atoms with E-state index in [4.69, 9.17) is 9.26 Å². The van der Waals surface area contributed by atoms with Crippen LogP contribution in [0.1, 0.15) is 18.4 Å². The second kappa shape index (κ2) is 6.37. The van der Waals surface area contributed by atoms with Crippen molar-refractivity contribution in [3.8, 4) is 5.75 Å². The fourth-order valence-corrected chi connectivity index (χ4v) is 2.04. The summed E-state index contributed by atoms with van der Waals surface area (Å²) in [6.45, 7) is 4.01. The Morgan fingerprint density at radius 1 is 1.24 bits per heavy atom. The van der Waals surface area contributed by atoms with Crippen molar-refractivity contribution < 1.29 is 9.26 Å². The summed E-state index contributed by atoms with van der Waals surface area (Å²) in [5, 5.41) is 8.24. The van der Waals surface area contributed by atoms with Crippen LogP contribution in [0, 0.1) is 0 Å². The van der Waals surface area contributed by atoms with Crippen LogP contribution in [0.4, 0.5) is 0 Å². The van der Waals surface area contributed by atoms with Crippen LogP contribution in [-0.4, -0.2) is 16.7 Å². The molecular weight excluding hydrogens is 266 g/mol. The number of pyridine rings is 1. The van der Waals surface area contributed by atoms with Gasteiger partial charge in [-0.25, -0.2) is 0 Å². The first-order valence-electron chi connectivity index (χ1n) is 6.98. The van der Waals surface area contributed by atoms with Crippen LogP contribution in [0.3, 0.4) is 0 Å². The minimum atomic E-state index is 0.346. The van der Waals surface area contributed by atoms with Gasteiger partial charge in [0.1, 0.15) is 12.4 Å². The maximum Gasteiger partial charge on any atom is 0.174 e. The van der Waals surface area contributed by atoms with E-state index in [0.717, 1.165) is 28.9 Å². The molecule has 3 rings (SSSR count). The Morgan fingerprint density at radius 2 is 2.14 bits per heavy atom. The first-order valence-corrected chi connectivity index (χ1v) is 6.98. The van der Waals surface area contributed by atoms with Gasteiger partial charge < -0.3 is 14.6 Å². The lowest BCUT2D eigenvalue weighted by Crippen LogP contribution is -2.11. The van der Waals surface area contributed by atoms with Gasteiger partial charge in [0.25, 0.3) is 0 Å². The van der Waals surface area contributed by atoms with Crippen LogP contribution >= 0.6 is 0 Å². The molecule has 3 aromatic rings. The molecule has 0 aliphatic carbocycles. The number of nitrogens with one attached hydrogen (secondary N) is 1. The van der Waals surface area contributed by atoms with Crippen molar-refractivity contribution in [1.82, 2.24) is 15.5 Å². The summed E-state index contributed by atoms with van der Waals surface area (Å²) in [5.41, 5.74) is 1.84. The summed E-state index contributed by atoms with van der Waals surface area (Å²) >= 11 is 0. The Bertz CT molecular complexity index is 724. The van der Waals surface area contributed by atoms with Gasteiger partial charge in [-0.15, -0.1) is 0 Å². The molecule has 108 valence electrons. The van der Waals surface area contributed by atoms with Gasteiger partial charge in [0.2, 0.25) is 0 Å². The first kappa shape index (κ1) is 13.6. The highest BCUT2D eigenvalue weighted by Crippen LogP contribution is 2.19. The predicted octanol–water partition coefficient (Wildman–Crippen LogP) is 2.91. The average Bonchev–Trinajstić information content (AvgIpc) is 2.98. The Balaban J connectivity index is 1.64. The number of aromatic nitrogens is 2. The van der Waals surface area contributed by atoms with E-state index in [0.29, 0.717) is 18.9 Å². The topological polar surface area (TPSA) is 60.2 Å². The van der Waals surface area contributed by atoms with Crippen molar-refractivity contribution in [2.24, 2.45) is 0 Å². The maximum atomic E-state index is 5.70. The summed E-state index contributed by atoms with van der Waals surface area (Å²) in [4.78, 5) is 4.36. The van der Waals surface area contributed by atoms with Crippen LogP contribution in [0.5, 0.6) is 5.75 Å². The molecule has 1 N–H and O–H groups in total. The van der Waals surface area contributed by atoms with E-state index in [1.165, 1.54) is 0 Å². The molecule has 0 spiro atoms. The number of hydrogen-bond acceptors (Lipinski definition) is 5. The average molecular weight is 283 g/mol. The van der Waals surface area contributed by atoms with Gasteiger partial charge in [0.15, 0.2) is 5.76 Å². The second-order valence-corrected chi connectivity index (χ2v) is 4.72. The van der Waals surface area contributed by atoms with E-state index in [1.54, 1.807) is 6.20 Å². The largest absolute Gasteiger partial charge is 0.484 e. The van der Waals surface area contributed by atoms with Crippen molar-refractivity contribution in [2.75, 3.05) is 6.54 Å². The van der Waals surface area contributed by atoms with Crippen molar-refractivity contribution in [2.45, 2.75) is 20.1 Å². The molecule has 0 saturated heterocycles. The third-order valence-electron chi connectivity index (χ3n) is 3.11. The van der Waals surface area contributed by atoms with Crippen molar-refractivity contribution in [3.05, 3.63) is 54.0 Å². The summed E-state index contributed by atoms with van der Waals surface area (Å²) in [5.74, 6) is 1.43. The number of fused-ring (bicyclic) bond motifs is 1. The highest BCUT2D eigenvalue weighted by atomic mass is 16.5. The molecule has 0 aliphatic rings. The van der Waals surface area contributed by atoms with E-state index in [1.807, 2.05) is 36.4 Å². The monoisotopic (exact) mass is 283 g/mol. The summed E-state index contributed by atoms with van der Waals surface area (Å²) in [6.07, 6.45) is 1.72. The zero-order valence-electron chi connectivity index (χ0n) is 11.9. The van der Waals surface area contributed by atoms with Crippen LogP contribution < -0.4 is 10.1 Å². The molecule has 0 unspecified atom stereocenters. The van der Waals surface area contributed by atoms with Crippen molar-refractivity contribution in [1.29, 1.82) is 0 Å². The summed E-state index contributed by atoms with van der Waals surface area (Å²) < 4.78 is 10.9. The first-order chi connectivity index (χ1) is 10.3. The fraction of sp³-hybridized carbons (Fsp3) is 0.250.